The highest BCUT2D eigenvalue weighted by atomic mass is 32.1. The second kappa shape index (κ2) is 9.89. The number of anilines is 2. The molecule has 0 atom stereocenters. The predicted molar refractivity (Wildman–Crippen MR) is 125 cm³/mol. The van der Waals surface area contributed by atoms with Crippen LogP contribution < -0.4 is 27.2 Å². The van der Waals surface area contributed by atoms with Gasteiger partial charge in [-0.05, 0) is 29.8 Å². The van der Waals surface area contributed by atoms with Crippen LogP contribution in [0.25, 0.3) is 0 Å². The van der Waals surface area contributed by atoms with Crippen molar-refractivity contribution in [3.8, 4) is 0 Å². The summed E-state index contributed by atoms with van der Waals surface area (Å²) in [7, 11) is 0. The zero-order valence-corrected chi connectivity index (χ0v) is 17.6. The van der Waals surface area contributed by atoms with Crippen LogP contribution in [0.5, 0.6) is 0 Å². The highest BCUT2D eigenvalue weighted by molar-refractivity contribution is 7.80. The Kier molecular flexibility index (Phi) is 7.03. The fraction of sp³-hybridized carbons (Fsp3) is 0.227. The molecular weight excluding hydrogens is 398 g/mol. The van der Waals surface area contributed by atoms with E-state index in [2.05, 4.69) is 10.3 Å². The number of aromatic amines is 1. The SMILES string of the molecule is CCCN(C(=S)NCc1ccccc1)c1c(N)n(Cc2ccccc2)c(=O)[nH]c1=O. The Balaban J connectivity index is 1.93. The molecule has 0 saturated carbocycles. The topological polar surface area (TPSA) is 96.2 Å². The van der Waals surface area contributed by atoms with E-state index in [1.54, 1.807) is 4.90 Å². The van der Waals surface area contributed by atoms with Crippen LogP contribution >= 0.6 is 12.2 Å². The van der Waals surface area contributed by atoms with Gasteiger partial charge in [-0.15, -0.1) is 0 Å². The van der Waals surface area contributed by atoms with Gasteiger partial charge >= 0.3 is 5.69 Å². The van der Waals surface area contributed by atoms with Crippen LogP contribution in [0.3, 0.4) is 0 Å². The van der Waals surface area contributed by atoms with Crippen molar-refractivity contribution >= 4 is 28.8 Å². The molecule has 0 aliphatic carbocycles. The summed E-state index contributed by atoms with van der Waals surface area (Å²) >= 11 is 5.57. The van der Waals surface area contributed by atoms with E-state index in [4.69, 9.17) is 18.0 Å². The maximum Gasteiger partial charge on any atom is 0.330 e. The monoisotopic (exact) mass is 423 g/mol. The maximum absolute atomic E-state index is 12.7. The minimum atomic E-state index is -0.556. The summed E-state index contributed by atoms with van der Waals surface area (Å²) in [6.07, 6.45) is 0.740. The summed E-state index contributed by atoms with van der Waals surface area (Å²) in [5, 5.41) is 3.56. The number of nitrogens with two attached hydrogens (primary N) is 1. The Bertz CT molecular complexity index is 1110. The number of rotatable bonds is 7. The van der Waals surface area contributed by atoms with Crippen LogP contribution in [-0.4, -0.2) is 21.2 Å². The summed E-state index contributed by atoms with van der Waals surface area (Å²) < 4.78 is 1.36. The lowest BCUT2D eigenvalue weighted by molar-refractivity contribution is 0.727. The first-order valence-electron chi connectivity index (χ1n) is 9.77. The van der Waals surface area contributed by atoms with Crippen molar-refractivity contribution in [1.29, 1.82) is 0 Å². The second-order valence-corrected chi connectivity index (χ2v) is 7.25. The van der Waals surface area contributed by atoms with Crippen LogP contribution in [0.2, 0.25) is 0 Å². The number of thiocarbonyl (C=S) groups is 1. The number of nitrogens with one attached hydrogen (secondary N) is 2. The van der Waals surface area contributed by atoms with Gasteiger partial charge in [0, 0.05) is 13.1 Å². The molecule has 0 radical (unpaired) electrons. The lowest BCUT2D eigenvalue weighted by Gasteiger charge is -2.26. The quantitative estimate of drug-likeness (QED) is 0.505. The zero-order chi connectivity index (χ0) is 21.5. The summed E-state index contributed by atoms with van der Waals surface area (Å²) in [5.74, 6) is 0.0879. The third kappa shape index (κ3) is 4.96. The number of aromatic nitrogens is 2. The van der Waals surface area contributed by atoms with E-state index in [1.807, 2.05) is 67.6 Å². The fourth-order valence-electron chi connectivity index (χ4n) is 3.17. The number of nitrogens with zero attached hydrogens (tertiary/aromatic N) is 2. The number of H-pyrrole nitrogens is 1. The summed E-state index contributed by atoms with van der Waals surface area (Å²) in [5.41, 5.74) is 7.36. The zero-order valence-electron chi connectivity index (χ0n) is 16.8. The minimum Gasteiger partial charge on any atom is -0.383 e. The molecule has 0 unspecified atom stereocenters. The molecule has 0 aliphatic heterocycles. The Morgan fingerprint density at radius 1 is 1.07 bits per heavy atom. The molecule has 3 rings (SSSR count). The van der Waals surface area contributed by atoms with Crippen LogP contribution in [0.15, 0.2) is 70.3 Å². The van der Waals surface area contributed by atoms with E-state index in [-0.39, 0.29) is 18.1 Å². The van der Waals surface area contributed by atoms with Gasteiger partial charge in [-0.2, -0.15) is 0 Å². The Hall–Kier alpha value is -3.39. The maximum atomic E-state index is 12.7. The molecule has 0 aliphatic rings. The van der Waals surface area contributed by atoms with Gasteiger partial charge in [0.1, 0.15) is 5.82 Å². The smallest absolute Gasteiger partial charge is 0.330 e. The van der Waals surface area contributed by atoms with Gasteiger partial charge in [0.2, 0.25) is 0 Å². The first-order chi connectivity index (χ1) is 14.5. The van der Waals surface area contributed by atoms with Crippen molar-refractivity contribution in [1.82, 2.24) is 14.9 Å². The number of nitrogen functional groups attached to an aromatic ring is 1. The lowest BCUT2D eigenvalue weighted by atomic mass is 10.2. The second-order valence-electron chi connectivity index (χ2n) is 6.86. The molecular formula is C22H25N5O2S. The van der Waals surface area contributed by atoms with Gasteiger partial charge in [-0.3, -0.25) is 14.3 Å². The molecule has 7 nitrogen and oxygen atoms in total. The fourth-order valence-corrected chi connectivity index (χ4v) is 3.42. The summed E-state index contributed by atoms with van der Waals surface area (Å²) in [4.78, 5) is 29.2. The first-order valence-corrected chi connectivity index (χ1v) is 10.2. The van der Waals surface area contributed by atoms with E-state index >= 15 is 0 Å². The molecule has 1 aromatic heterocycles. The van der Waals surface area contributed by atoms with Gasteiger partial charge in [-0.25, -0.2) is 4.79 Å². The van der Waals surface area contributed by atoms with Crippen LogP contribution in [0.1, 0.15) is 24.5 Å². The highest BCUT2D eigenvalue weighted by Crippen LogP contribution is 2.18. The molecule has 0 saturated heterocycles. The van der Waals surface area contributed by atoms with Crippen molar-refractivity contribution in [2.45, 2.75) is 26.4 Å². The molecule has 1 heterocycles. The number of hydrogen-bond donors (Lipinski definition) is 3. The van der Waals surface area contributed by atoms with Crippen molar-refractivity contribution in [2.75, 3.05) is 17.2 Å². The Morgan fingerprint density at radius 3 is 2.27 bits per heavy atom. The van der Waals surface area contributed by atoms with E-state index in [1.165, 1.54) is 4.57 Å². The van der Waals surface area contributed by atoms with E-state index in [9.17, 15) is 9.59 Å². The van der Waals surface area contributed by atoms with Crippen molar-refractivity contribution in [3.63, 3.8) is 0 Å². The van der Waals surface area contributed by atoms with Gasteiger partial charge < -0.3 is 16.0 Å². The minimum absolute atomic E-state index is 0.0879. The number of benzene rings is 2. The normalized spacial score (nSPS) is 10.6. The third-order valence-corrected chi connectivity index (χ3v) is 5.01. The predicted octanol–water partition coefficient (Wildman–Crippen LogP) is 2.46. The van der Waals surface area contributed by atoms with Gasteiger partial charge in [-0.1, -0.05) is 67.6 Å². The van der Waals surface area contributed by atoms with Gasteiger partial charge in [0.15, 0.2) is 10.8 Å². The average molecular weight is 424 g/mol. The number of hydrogen-bond acceptors (Lipinski definition) is 4. The lowest BCUT2D eigenvalue weighted by Crippen LogP contribution is -2.45. The molecule has 0 bridgehead atoms. The van der Waals surface area contributed by atoms with Crippen molar-refractivity contribution < 1.29 is 0 Å². The molecule has 3 aromatic rings. The molecule has 2 aromatic carbocycles. The van der Waals surface area contributed by atoms with Crippen LogP contribution in [0, 0.1) is 0 Å². The van der Waals surface area contributed by atoms with Crippen LogP contribution in [0.4, 0.5) is 11.5 Å². The first kappa shape index (κ1) is 21.3. The van der Waals surface area contributed by atoms with Gasteiger partial charge in [0.25, 0.3) is 5.56 Å². The van der Waals surface area contributed by atoms with Gasteiger partial charge in [0.05, 0.1) is 6.54 Å². The Labute approximate surface area is 180 Å². The molecule has 8 heteroatoms. The molecule has 0 fully saturated rings. The molecule has 0 amide bonds. The third-order valence-electron chi connectivity index (χ3n) is 4.65. The summed E-state index contributed by atoms with van der Waals surface area (Å²) in [6.45, 7) is 3.23. The molecule has 30 heavy (non-hydrogen) atoms. The van der Waals surface area contributed by atoms with E-state index in [0.717, 1.165) is 17.5 Å². The molecule has 0 spiro atoms. The van der Waals surface area contributed by atoms with E-state index in [0.29, 0.717) is 18.2 Å². The van der Waals surface area contributed by atoms with Crippen molar-refractivity contribution in [2.24, 2.45) is 0 Å². The van der Waals surface area contributed by atoms with Crippen LogP contribution in [-0.2, 0) is 13.1 Å². The average Bonchev–Trinajstić information content (AvgIpc) is 2.75. The Morgan fingerprint density at radius 2 is 1.67 bits per heavy atom. The van der Waals surface area contributed by atoms with Crippen molar-refractivity contribution in [3.05, 3.63) is 92.6 Å². The van der Waals surface area contributed by atoms with E-state index < -0.39 is 11.2 Å². The largest absolute Gasteiger partial charge is 0.383 e. The summed E-state index contributed by atoms with van der Waals surface area (Å²) in [6, 6.07) is 19.3. The molecule has 156 valence electrons. The highest BCUT2D eigenvalue weighted by Gasteiger charge is 2.21. The standard InChI is InChI=1S/C22H25N5O2S/c1-2-13-26(22(30)24-14-16-9-5-3-6-10-16)18-19(23)27(21(29)25-20(18)28)15-17-11-7-4-8-12-17/h3-12H,2,13-15,23H2,1H3,(H,24,30)(H,25,28,29). The molecule has 4 N–H and O–H groups in total.